The highest BCUT2D eigenvalue weighted by Gasteiger charge is 2.13. The number of benzene rings is 1. The molecule has 0 aliphatic carbocycles. The van der Waals surface area contributed by atoms with Crippen molar-refractivity contribution < 1.29 is 4.39 Å². The average molecular weight is 339 g/mol. The summed E-state index contributed by atoms with van der Waals surface area (Å²) in [5, 5.41) is 3.23. The summed E-state index contributed by atoms with van der Waals surface area (Å²) in [6.45, 7) is 2.93. The molecule has 0 fully saturated rings. The van der Waals surface area contributed by atoms with Gasteiger partial charge in [-0.1, -0.05) is 6.92 Å². The van der Waals surface area contributed by atoms with Crippen LogP contribution in [0.25, 0.3) is 0 Å². The number of halogens is 2. The molecule has 6 heteroatoms. The fourth-order valence-corrected chi connectivity index (χ4v) is 2.36. The molecule has 1 heterocycles. The van der Waals surface area contributed by atoms with Crippen LogP contribution in [0.3, 0.4) is 0 Å². The Kier molecular flexibility index (Phi) is 4.89. The summed E-state index contributed by atoms with van der Waals surface area (Å²) in [4.78, 5) is 10.4. The Hall–Kier alpha value is -1.69. The first kappa shape index (κ1) is 14.7. The van der Waals surface area contributed by atoms with Crippen molar-refractivity contribution >= 4 is 33.3 Å². The zero-order valence-corrected chi connectivity index (χ0v) is 13.0. The molecule has 2 aromatic rings. The smallest absolute Gasteiger partial charge is 0.152 e. The lowest BCUT2D eigenvalue weighted by molar-refractivity contribution is 0.628. The molecule has 20 heavy (non-hydrogen) atoms. The predicted octanol–water partition coefficient (Wildman–Crippen LogP) is 3.97. The van der Waals surface area contributed by atoms with Crippen molar-refractivity contribution in [3.05, 3.63) is 40.9 Å². The number of nitrogens with one attached hydrogen (secondary N) is 1. The van der Waals surface area contributed by atoms with Gasteiger partial charge in [0.15, 0.2) is 5.82 Å². The molecular weight excluding hydrogens is 323 g/mol. The van der Waals surface area contributed by atoms with Crippen molar-refractivity contribution in [2.24, 2.45) is 0 Å². The van der Waals surface area contributed by atoms with Gasteiger partial charge in [0.25, 0.3) is 0 Å². The molecule has 0 spiro atoms. The summed E-state index contributed by atoms with van der Waals surface area (Å²) in [5.41, 5.74) is 0.854. The summed E-state index contributed by atoms with van der Waals surface area (Å²) in [7, 11) is 1.88. The molecule has 0 saturated carbocycles. The molecule has 0 unspecified atom stereocenters. The Labute approximate surface area is 126 Å². The number of nitrogens with zero attached hydrogens (tertiary/aromatic N) is 3. The fraction of sp³-hybridized carbons (Fsp3) is 0.286. The maximum absolute atomic E-state index is 13.0. The van der Waals surface area contributed by atoms with Crippen molar-refractivity contribution in [1.29, 1.82) is 0 Å². The Bertz CT molecular complexity index is 574. The van der Waals surface area contributed by atoms with E-state index in [9.17, 15) is 4.39 Å². The minimum absolute atomic E-state index is 0.255. The SMILES string of the molecule is CCCNc1ncnc(N(C)c2ccc(F)cc2)c1Br. The standard InChI is InChI=1S/C14H16BrFN4/c1-3-8-17-13-12(15)14(19-9-18-13)20(2)11-6-4-10(16)5-7-11/h4-7,9H,3,8H2,1-2H3,(H,17,18,19). The van der Waals surface area contributed by atoms with E-state index in [0.29, 0.717) is 0 Å². The summed E-state index contributed by atoms with van der Waals surface area (Å²) >= 11 is 3.52. The number of hydrogen-bond donors (Lipinski definition) is 1. The van der Waals surface area contributed by atoms with E-state index >= 15 is 0 Å². The van der Waals surface area contributed by atoms with Gasteiger partial charge in [0, 0.05) is 19.3 Å². The molecule has 0 radical (unpaired) electrons. The van der Waals surface area contributed by atoms with Gasteiger partial charge in [0.1, 0.15) is 22.4 Å². The first-order chi connectivity index (χ1) is 9.63. The quantitative estimate of drug-likeness (QED) is 0.895. The maximum Gasteiger partial charge on any atom is 0.152 e. The van der Waals surface area contributed by atoms with E-state index in [2.05, 4.69) is 38.1 Å². The van der Waals surface area contributed by atoms with Gasteiger partial charge in [-0.2, -0.15) is 0 Å². The van der Waals surface area contributed by atoms with E-state index in [1.807, 2.05) is 11.9 Å². The monoisotopic (exact) mass is 338 g/mol. The zero-order chi connectivity index (χ0) is 14.5. The molecule has 4 nitrogen and oxygen atoms in total. The van der Waals surface area contributed by atoms with Gasteiger partial charge in [-0.25, -0.2) is 14.4 Å². The Morgan fingerprint density at radius 2 is 1.95 bits per heavy atom. The van der Waals surface area contributed by atoms with E-state index < -0.39 is 0 Å². The number of hydrogen-bond acceptors (Lipinski definition) is 4. The highest BCUT2D eigenvalue weighted by Crippen LogP contribution is 2.32. The van der Waals surface area contributed by atoms with Crippen LogP contribution in [0.15, 0.2) is 35.1 Å². The third-order valence-electron chi connectivity index (χ3n) is 2.85. The van der Waals surface area contributed by atoms with Crippen molar-refractivity contribution in [1.82, 2.24) is 9.97 Å². The first-order valence-electron chi connectivity index (χ1n) is 6.37. The number of rotatable bonds is 5. The molecule has 0 aliphatic heterocycles. The van der Waals surface area contributed by atoms with E-state index in [-0.39, 0.29) is 5.82 Å². The number of aromatic nitrogens is 2. The molecule has 0 amide bonds. The Balaban J connectivity index is 2.29. The minimum atomic E-state index is -0.255. The molecule has 2 rings (SSSR count). The van der Waals surface area contributed by atoms with Gasteiger partial charge in [0.2, 0.25) is 0 Å². The van der Waals surface area contributed by atoms with Crippen molar-refractivity contribution in [2.75, 3.05) is 23.8 Å². The zero-order valence-electron chi connectivity index (χ0n) is 11.4. The molecular formula is C14H16BrFN4. The summed E-state index contributed by atoms with van der Waals surface area (Å²) < 4.78 is 13.8. The van der Waals surface area contributed by atoms with Crippen molar-refractivity contribution in [2.45, 2.75) is 13.3 Å². The largest absolute Gasteiger partial charge is 0.369 e. The predicted molar refractivity (Wildman–Crippen MR) is 83.0 cm³/mol. The molecule has 1 aromatic carbocycles. The lowest BCUT2D eigenvalue weighted by Gasteiger charge is -2.20. The second-order valence-electron chi connectivity index (χ2n) is 4.32. The molecule has 1 N–H and O–H groups in total. The first-order valence-corrected chi connectivity index (χ1v) is 7.16. The number of anilines is 3. The average Bonchev–Trinajstić information content (AvgIpc) is 2.46. The van der Waals surface area contributed by atoms with Crippen LogP contribution in [0.5, 0.6) is 0 Å². The van der Waals surface area contributed by atoms with Crippen LogP contribution in [0.2, 0.25) is 0 Å². The van der Waals surface area contributed by atoms with Gasteiger partial charge in [0.05, 0.1) is 0 Å². The van der Waals surface area contributed by atoms with Crippen molar-refractivity contribution in [3.8, 4) is 0 Å². The third-order valence-corrected chi connectivity index (χ3v) is 3.58. The lowest BCUT2D eigenvalue weighted by Crippen LogP contribution is -2.14. The van der Waals surface area contributed by atoms with Crippen LogP contribution < -0.4 is 10.2 Å². The van der Waals surface area contributed by atoms with Gasteiger partial charge in [-0.05, 0) is 46.6 Å². The van der Waals surface area contributed by atoms with Crippen LogP contribution in [0.4, 0.5) is 21.7 Å². The molecule has 0 bridgehead atoms. The van der Waals surface area contributed by atoms with Crippen LogP contribution in [-0.2, 0) is 0 Å². The summed E-state index contributed by atoms with van der Waals surface area (Å²) in [6.07, 6.45) is 2.53. The van der Waals surface area contributed by atoms with E-state index in [1.54, 1.807) is 12.1 Å². The van der Waals surface area contributed by atoms with Gasteiger partial charge < -0.3 is 10.2 Å². The van der Waals surface area contributed by atoms with Crippen molar-refractivity contribution in [3.63, 3.8) is 0 Å². The van der Waals surface area contributed by atoms with E-state index in [0.717, 1.165) is 34.8 Å². The highest BCUT2D eigenvalue weighted by atomic mass is 79.9. The summed E-state index contributed by atoms with van der Waals surface area (Å²) in [5.74, 6) is 1.23. The topological polar surface area (TPSA) is 41.1 Å². The van der Waals surface area contributed by atoms with Crippen LogP contribution in [0.1, 0.15) is 13.3 Å². The molecule has 0 aliphatic rings. The highest BCUT2D eigenvalue weighted by molar-refractivity contribution is 9.10. The summed E-state index contributed by atoms with van der Waals surface area (Å²) in [6, 6.07) is 6.28. The van der Waals surface area contributed by atoms with Gasteiger partial charge in [-0.15, -0.1) is 0 Å². The Morgan fingerprint density at radius 1 is 1.25 bits per heavy atom. The molecule has 0 atom stereocenters. The third kappa shape index (κ3) is 3.25. The normalized spacial score (nSPS) is 10.4. The minimum Gasteiger partial charge on any atom is -0.369 e. The Morgan fingerprint density at radius 3 is 2.60 bits per heavy atom. The second kappa shape index (κ2) is 6.65. The molecule has 1 aromatic heterocycles. The van der Waals surface area contributed by atoms with Crippen LogP contribution in [-0.4, -0.2) is 23.6 Å². The van der Waals surface area contributed by atoms with Crippen LogP contribution >= 0.6 is 15.9 Å². The molecule has 106 valence electrons. The van der Waals surface area contributed by atoms with Crippen LogP contribution in [0, 0.1) is 5.82 Å². The van der Waals surface area contributed by atoms with E-state index in [1.165, 1.54) is 18.5 Å². The van der Waals surface area contributed by atoms with Gasteiger partial charge in [-0.3, -0.25) is 0 Å². The second-order valence-corrected chi connectivity index (χ2v) is 5.12. The van der Waals surface area contributed by atoms with E-state index in [4.69, 9.17) is 0 Å². The lowest BCUT2D eigenvalue weighted by atomic mass is 10.3. The molecule has 0 saturated heterocycles. The van der Waals surface area contributed by atoms with Gasteiger partial charge >= 0.3 is 0 Å². The fourth-order valence-electron chi connectivity index (χ4n) is 1.75. The maximum atomic E-state index is 13.0.